The van der Waals surface area contributed by atoms with Crippen LogP contribution >= 0.6 is 0 Å². The number of rotatable bonds is 4. The van der Waals surface area contributed by atoms with E-state index in [9.17, 15) is 8.42 Å². The molecular weight excluding hydrogens is 242 g/mol. The summed E-state index contributed by atoms with van der Waals surface area (Å²) in [5.41, 5.74) is -0.854. The van der Waals surface area contributed by atoms with E-state index < -0.39 is 15.6 Å². The van der Waals surface area contributed by atoms with Crippen LogP contribution in [0.25, 0.3) is 0 Å². The van der Waals surface area contributed by atoms with Crippen molar-refractivity contribution in [1.29, 1.82) is 0 Å². The van der Waals surface area contributed by atoms with Gasteiger partial charge in [-0.1, -0.05) is 12.1 Å². The fourth-order valence-corrected chi connectivity index (χ4v) is 2.83. The van der Waals surface area contributed by atoms with E-state index >= 15 is 0 Å². The van der Waals surface area contributed by atoms with Gasteiger partial charge in [-0.3, -0.25) is 0 Å². The minimum absolute atomic E-state index is 0.338. The predicted octanol–water partition coefficient (Wildman–Crippen LogP) is 0.977. The average molecular weight is 259 g/mol. The van der Waals surface area contributed by atoms with E-state index in [2.05, 4.69) is 21.8 Å². The van der Waals surface area contributed by atoms with Gasteiger partial charge in [0.2, 0.25) is 15.9 Å². The van der Waals surface area contributed by atoms with Gasteiger partial charge in [0.05, 0.1) is 11.8 Å². The van der Waals surface area contributed by atoms with Crippen molar-refractivity contribution in [2.45, 2.75) is 38.6 Å². The van der Waals surface area contributed by atoms with Crippen LogP contribution in [0.4, 0.5) is 0 Å². The highest BCUT2D eigenvalue weighted by molar-refractivity contribution is 7.88. The lowest BCUT2D eigenvalue weighted by atomic mass is 10.1. The molecule has 0 bridgehead atoms. The zero-order chi connectivity index (χ0) is 12.8. The van der Waals surface area contributed by atoms with Crippen molar-refractivity contribution in [1.82, 2.24) is 14.9 Å². The maximum atomic E-state index is 11.2. The van der Waals surface area contributed by atoms with Crippen LogP contribution in [0.15, 0.2) is 4.52 Å². The van der Waals surface area contributed by atoms with Crippen LogP contribution < -0.4 is 4.72 Å². The van der Waals surface area contributed by atoms with E-state index in [4.69, 9.17) is 4.52 Å². The fraction of sp³-hybridized carbons (Fsp3) is 0.800. The molecule has 1 heterocycles. The lowest BCUT2D eigenvalue weighted by Gasteiger charge is -2.20. The Bertz CT molecular complexity index is 521. The van der Waals surface area contributed by atoms with Crippen LogP contribution in [0.5, 0.6) is 0 Å². The van der Waals surface area contributed by atoms with E-state index in [1.54, 1.807) is 13.8 Å². The SMILES string of the molecule is C[C@@H]1C[C@H]1c1nc(C(C)(C)NS(C)(=O)=O)no1. The molecule has 2 rings (SSSR count). The molecule has 0 spiro atoms. The summed E-state index contributed by atoms with van der Waals surface area (Å²) in [5.74, 6) is 1.90. The standard InChI is InChI=1S/C10H17N3O3S/c1-6-5-7(6)8-11-9(12-16-8)10(2,3)13-17(4,14)15/h6-7,13H,5H2,1-4H3/t6-,7-/m1/s1. The monoisotopic (exact) mass is 259 g/mol. The Balaban J connectivity index is 2.19. The average Bonchev–Trinajstić information content (AvgIpc) is 2.67. The van der Waals surface area contributed by atoms with Gasteiger partial charge in [-0.2, -0.15) is 4.98 Å². The van der Waals surface area contributed by atoms with Gasteiger partial charge in [0, 0.05) is 5.92 Å². The summed E-state index contributed by atoms with van der Waals surface area (Å²) >= 11 is 0. The van der Waals surface area contributed by atoms with Crippen LogP contribution in [-0.4, -0.2) is 24.8 Å². The van der Waals surface area contributed by atoms with E-state index in [-0.39, 0.29) is 0 Å². The van der Waals surface area contributed by atoms with Gasteiger partial charge in [-0.05, 0) is 26.2 Å². The highest BCUT2D eigenvalue weighted by atomic mass is 32.2. The summed E-state index contributed by atoms with van der Waals surface area (Å²) in [6, 6.07) is 0. The Kier molecular flexibility index (Phi) is 2.78. The van der Waals surface area contributed by atoms with Gasteiger partial charge in [0.25, 0.3) is 0 Å². The molecule has 1 aliphatic rings. The largest absolute Gasteiger partial charge is 0.339 e. The molecular formula is C10H17N3O3S. The van der Waals surface area contributed by atoms with Crippen LogP contribution in [-0.2, 0) is 15.6 Å². The number of hydrogen-bond donors (Lipinski definition) is 1. The van der Waals surface area contributed by atoms with Crippen molar-refractivity contribution < 1.29 is 12.9 Å². The molecule has 0 amide bonds. The summed E-state index contributed by atoms with van der Waals surface area (Å²) in [7, 11) is -3.31. The third kappa shape index (κ3) is 2.84. The summed E-state index contributed by atoms with van der Waals surface area (Å²) in [5, 5.41) is 3.85. The quantitative estimate of drug-likeness (QED) is 0.871. The molecule has 0 unspecified atom stereocenters. The second kappa shape index (κ2) is 3.78. The number of sulfonamides is 1. The van der Waals surface area contributed by atoms with Crippen LogP contribution in [0, 0.1) is 5.92 Å². The van der Waals surface area contributed by atoms with Crippen LogP contribution in [0.3, 0.4) is 0 Å². The molecule has 1 aliphatic carbocycles. The second-order valence-corrected chi connectivity index (χ2v) is 7.02. The lowest BCUT2D eigenvalue weighted by Crippen LogP contribution is -2.41. The maximum absolute atomic E-state index is 11.2. The molecule has 96 valence electrons. The second-order valence-electron chi connectivity index (χ2n) is 5.27. The first kappa shape index (κ1) is 12.5. The Morgan fingerprint density at radius 1 is 1.47 bits per heavy atom. The molecule has 1 N–H and O–H groups in total. The van der Waals surface area contributed by atoms with Crippen LogP contribution in [0.2, 0.25) is 0 Å². The Hall–Kier alpha value is -0.950. The Morgan fingerprint density at radius 2 is 2.06 bits per heavy atom. The molecule has 17 heavy (non-hydrogen) atoms. The smallest absolute Gasteiger partial charge is 0.230 e. The molecule has 0 aliphatic heterocycles. The first-order chi connectivity index (χ1) is 7.69. The van der Waals surface area contributed by atoms with Crippen molar-refractivity contribution in [3.63, 3.8) is 0 Å². The minimum Gasteiger partial charge on any atom is -0.339 e. The summed E-state index contributed by atoms with van der Waals surface area (Å²) in [4.78, 5) is 4.27. The third-order valence-corrected chi connectivity index (χ3v) is 3.75. The van der Waals surface area contributed by atoms with Crippen molar-refractivity contribution >= 4 is 10.0 Å². The normalized spacial score (nSPS) is 24.9. The predicted molar refractivity (Wildman–Crippen MR) is 61.8 cm³/mol. The minimum atomic E-state index is -3.31. The molecule has 1 fully saturated rings. The van der Waals surface area contributed by atoms with Gasteiger partial charge in [-0.25, -0.2) is 13.1 Å². The third-order valence-electron chi connectivity index (χ3n) is 2.87. The number of nitrogens with one attached hydrogen (secondary N) is 1. The number of aromatic nitrogens is 2. The van der Waals surface area contributed by atoms with E-state index in [0.717, 1.165) is 12.7 Å². The molecule has 1 aromatic rings. The highest BCUT2D eigenvalue weighted by Crippen LogP contribution is 2.46. The number of hydrogen-bond acceptors (Lipinski definition) is 5. The molecule has 0 radical (unpaired) electrons. The van der Waals surface area contributed by atoms with Gasteiger partial charge in [0.1, 0.15) is 0 Å². The van der Waals surface area contributed by atoms with Gasteiger partial charge in [0.15, 0.2) is 5.82 Å². The van der Waals surface area contributed by atoms with Crippen molar-refractivity contribution in [2.75, 3.05) is 6.26 Å². The molecule has 1 aromatic heterocycles. The fourth-order valence-electron chi connectivity index (χ4n) is 1.81. The summed E-state index contributed by atoms with van der Waals surface area (Å²) < 4.78 is 30.1. The molecule has 2 atom stereocenters. The van der Waals surface area contributed by atoms with Gasteiger partial charge >= 0.3 is 0 Å². The van der Waals surface area contributed by atoms with E-state index in [1.165, 1.54) is 0 Å². The first-order valence-corrected chi connectivity index (χ1v) is 7.41. The molecule has 6 nitrogen and oxygen atoms in total. The Labute approximate surface area is 101 Å². The maximum Gasteiger partial charge on any atom is 0.230 e. The van der Waals surface area contributed by atoms with E-state index in [1.807, 2.05) is 0 Å². The highest BCUT2D eigenvalue weighted by Gasteiger charge is 2.40. The topological polar surface area (TPSA) is 85.1 Å². The van der Waals surface area contributed by atoms with E-state index in [0.29, 0.717) is 23.6 Å². The first-order valence-electron chi connectivity index (χ1n) is 5.52. The van der Waals surface area contributed by atoms with Crippen molar-refractivity contribution in [3.05, 3.63) is 11.7 Å². The molecule has 1 saturated carbocycles. The van der Waals surface area contributed by atoms with Gasteiger partial charge < -0.3 is 4.52 Å². The zero-order valence-corrected chi connectivity index (χ0v) is 11.2. The van der Waals surface area contributed by atoms with Crippen LogP contribution in [0.1, 0.15) is 44.8 Å². The molecule has 0 aromatic carbocycles. The van der Waals surface area contributed by atoms with Gasteiger partial charge in [-0.15, -0.1) is 0 Å². The Morgan fingerprint density at radius 3 is 2.53 bits per heavy atom. The van der Waals surface area contributed by atoms with Crippen molar-refractivity contribution in [3.8, 4) is 0 Å². The summed E-state index contributed by atoms with van der Waals surface area (Å²) in [6.07, 6.45) is 2.17. The number of nitrogens with zero attached hydrogens (tertiary/aromatic N) is 2. The zero-order valence-electron chi connectivity index (χ0n) is 10.4. The van der Waals surface area contributed by atoms with Crippen molar-refractivity contribution in [2.24, 2.45) is 5.92 Å². The summed E-state index contributed by atoms with van der Waals surface area (Å²) in [6.45, 7) is 5.53. The lowest BCUT2D eigenvalue weighted by molar-refractivity contribution is 0.352. The molecule has 7 heteroatoms. The molecule has 0 saturated heterocycles.